The van der Waals surface area contributed by atoms with Crippen LogP contribution in [-0.2, 0) is 9.59 Å². The molecule has 1 heterocycles. The second-order valence-corrected chi connectivity index (χ2v) is 6.78. The molecule has 24 heavy (non-hydrogen) atoms. The van der Waals surface area contributed by atoms with E-state index < -0.39 is 0 Å². The highest BCUT2D eigenvalue weighted by atomic mass is 16.3. The summed E-state index contributed by atoms with van der Waals surface area (Å²) in [6, 6.07) is 9.71. The largest absolute Gasteiger partial charge is 0.394 e. The zero-order chi connectivity index (χ0) is 17.1. The molecule has 130 valence electrons. The van der Waals surface area contributed by atoms with E-state index in [0.29, 0.717) is 13.0 Å². The summed E-state index contributed by atoms with van der Waals surface area (Å²) in [5.41, 5.74) is 1.12. The topological polar surface area (TPSA) is 69.6 Å². The van der Waals surface area contributed by atoms with Crippen molar-refractivity contribution >= 4 is 11.8 Å². The van der Waals surface area contributed by atoms with Crippen molar-refractivity contribution in [3.63, 3.8) is 0 Å². The molecule has 5 heteroatoms. The molecular formula is C19H26N2O3. The summed E-state index contributed by atoms with van der Waals surface area (Å²) in [6.45, 7) is 2.22. The van der Waals surface area contributed by atoms with E-state index in [1.807, 2.05) is 42.2 Å². The Morgan fingerprint density at radius 2 is 1.92 bits per heavy atom. The van der Waals surface area contributed by atoms with E-state index in [0.717, 1.165) is 24.8 Å². The van der Waals surface area contributed by atoms with Gasteiger partial charge in [0.05, 0.1) is 18.7 Å². The van der Waals surface area contributed by atoms with E-state index in [1.54, 1.807) is 0 Å². The number of likely N-dealkylation sites (tertiary alicyclic amines) is 1. The van der Waals surface area contributed by atoms with Crippen LogP contribution in [0.2, 0.25) is 0 Å². The highest BCUT2D eigenvalue weighted by Gasteiger charge is 2.52. The van der Waals surface area contributed by atoms with Gasteiger partial charge in [-0.15, -0.1) is 0 Å². The van der Waals surface area contributed by atoms with E-state index in [-0.39, 0.29) is 42.3 Å². The number of aliphatic hydroxyl groups excluding tert-OH is 1. The van der Waals surface area contributed by atoms with Crippen LogP contribution in [0.25, 0.3) is 0 Å². The van der Waals surface area contributed by atoms with Crippen LogP contribution in [0.3, 0.4) is 0 Å². The van der Waals surface area contributed by atoms with Gasteiger partial charge in [-0.25, -0.2) is 0 Å². The fourth-order valence-corrected chi connectivity index (χ4v) is 3.83. The SMILES string of the molecule is CCC(=O)NC[C@@H]1[C@H](c2ccccc2)[C@H](CO)N1C(=O)C1CCC1. The van der Waals surface area contributed by atoms with Crippen LogP contribution in [0.15, 0.2) is 30.3 Å². The van der Waals surface area contributed by atoms with Gasteiger partial charge in [0.1, 0.15) is 0 Å². The third-order valence-electron chi connectivity index (χ3n) is 5.45. The molecule has 2 amide bonds. The number of hydrogen-bond donors (Lipinski definition) is 2. The number of rotatable bonds is 6. The van der Waals surface area contributed by atoms with Gasteiger partial charge >= 0.3 is 0 Å². The van der Waals surface area contributed by atoms with Gasteiger partial charge in [-0.05, 0) is 18.4 Å². The van der Waals surface area contributed by atoms with Crippen LogP contribution in [0, 0.1) is 5.92 Å². The van der Waals surface area contributed by atoms with Gasteiger partial charge in [0.15, 0.2) is 0 Å². The standard InChI is InChI=1S/C19H26N2O3/c1-2-17(23)20-11-15-18(13-7-4-3-5-8-13)16(12-22)21(15)19(24)14-9-6-10-14/h3-5,7-8,14-16,18,22H,2,6,9-12H2,1H3,(H,20,23)/t15-,16+,18+/m1/s1. The third-order valence-corrected chi connectivity index (χ3v) is 5.45. The van der Waals surface area contributed by atoms with Crippen LogP contribution in [0.5, 0.6) is 0 Å². The molecule has 0 aromatic heterocycles. The smallest absolute Gasteiger partial charge is 0.226 e. The average Bonchev–Trinajstić information content (AvgIpc) is 2.53. The molecule has 1 aromatic rings. The maximum Gasteiger partial charge on any atom is 0.226 e. The fourth-order valence-electron chi connectivity index (χ4n) is 3.83. The molecular weight excluding hydrogens is 304 g/mol. The minimum atomic E-state index is -0.191. The predicted octanol–water partition coefficient (Wildman–Crippen LogP) is 1.67. The Kier molecular flexibility index (Phi) is 5.19. The number of amides is 2. The van der Waals surface area contributed by atoms with E-state index in [1.165, 1.54) is 0 Å². The van der Waals surface area contributed by atoms with Crippen molar-refractivity contribution < 1.29 is 14.7 Å². The Hall–Kier alpha value is -1.88. The Labute approximate surface area is 143 Å². The Balaban J connectivity index is 1.80. The highest BCUT2D eigenvalue weighted by molar-refractivity contribution is 5.82. The van der Waals surface area contributed by atoms with Crippen molar-refractivity contribution in [2.75, 3.05) is 13.2 Å². The van der Waals surface area contributed by atoms with Crippen LogP contribution >= 0.6 is 0 Å². The Bertz CT molecular complexity index is 586. The molecule has 1 aliphatic carbocycles. The van der Waals surface area contributed by atoms with E-state index >= 15 is 0 Å². The third kappa shape index (κ3) is 3.05. The zero-order valence-electron chi connectivity index (χ0n) is 14.1. The lowest BCUT2D eigenvalue weighted by Crippen LogP contribution is -2.69. The maximum absolute atomic E-state index is 12.8. The summed E-state index contributed by atoms with van der Waals surface area (Å²) in [7, 11) is 0. The van der Waals surface area contributed by atoms with Crippen molar-refractivity contribution in [1.82, 2.24) is 10.2 Å². The van der Waals surface area contributed by atoms with Gasteiger partial charge in [-0.1, -0.05) is 43.7 Å². The molecule has 0 spiro atoms. The molecule has 3 rings (SSSR count). The molecule has 0 bridgehead atoms. The van der Waals surface area contributed by atoms with Crippen LogP contribution in [-0.4, -0.2) is 47.1 Å². The average molecular weight is 330 g/mol. The summed E-state index contributed by atoms with van der Waals surface area (Å²) in [6.07, 6.45) is 3.42. The number of nitrogens with zero attached hydrogens (tertiary/aromatic N) is 1. The first-order valence-corrected chi connectivity index (χ1v) is 8.92. The summed E-state index contributed by atoms with van der Waals surface area (Å²) < 4.78 is 0. The normalized spacial score (nSPS) is 26.4. The number of benzene rings is 1. The first kappa shape index (κ1) is 17.0. The molecule has 3 atom stereocenters. The number of carbonyl (C=O) groups excluding carboxylic acids is 2. The number of hydrogen-bond acceptors (Lipinski definition) is 3. The van der Waals surface area contributed by atoms with Gasteiger partial charge in [0.25, 0.3) is 0 Å². The van der Waals surface area contributed by atoms with Crippen molar-refractivity contribution in [2.45, 2.75) is 50.6 Å². The summed E-state index contributed by atoms with van der Waals surface area (Å²) in [4.78, 5) is 26.3. The number of nitrogens with one attached hydrogen (secondary N) is 1. The van der Waals surface area contributed by atoms with Crippen molar-refractivity contribution in [3.8, 4) is 0 Å². The summed E-state index contributed by atoms with van der Waals surface area (Å²) >= 11 is 0. The van der Waals surface area contributed by atoms with Gasteiger partial charge in [0, 0.05) is 24.8 Å². The second-order valence-electron chi connectivity index (χ2n) is 6.78. The molecule has 2 aliphatic rings. The molecule has 2 fully saturated rings. The lowest BCUT2D eigenvalue weighted by molar-refractivity contribution is -0.158. The minimum Gasteiger partial charge on any atom is -0.394 e. The molecule has 0 unspecified atom stereocenters. The van der Waals surface area contributed by atoms with Crippen LogP contribution < -0.4 is 5.32 Å². The van der Waals surface area contributed by atoms with Crippen LogP contribution in [0.4, 0.5) is 0 Å². The lowest BCUT2D eigenvalue weighted by Gasteiger charge is -2.56. The highest BCUT2D eigenvalue weighted by Crippen LogP contribution is 2.43. The molecule has 2 N–H and O–H groups in total. The summed E-state index contributed by atoms with van der Waals surface area (Å²) in [5.74, 6) is 0.297. The van der Waals surface area contributed by atoms with Gasteiger partial charge in [-0.3, -0.25) is 9.59 Å². The monoisotopic (exact) mass is 330 g/mol. The Morgan fingerprint density at radius 3 is 2.46 bits per heavy atom. The Morgan fingerprint density at radius 1 is 1.21 bits per heavy atom. The van der Waals surface area contributed by atoms with Crippen LogP contribution in [0.1, 0.15) is 44.1 Å². The molecule has 0 radical (unpaired) electrons. The quantitative estimate of drug-likeness (QED) is 0.833. The van der Waals surface area contributed by atoms with Crippen molar-refractivity contribution in [3.05, 3.63) is 35.9 Å². The molecule has 1 aromatic carbocycles. The maximum atomic E-state index is 12.8. The zero-order valence-corrected chi connectivity index (χ0v) is 14.1. The fraction of sp³-hybridized carbons (Fsp3) is 0.579. The van der Waals surface area contributed by atoms with E-state index in [4.69, 9.17) is 0 Å². The minimum absolute atomic E-state index is 0.00898. The predicted molar refractivity (Wildman–Crippen MR) is 91.3 cm³/mol. The van der Waals surface area contributed by atoms with Crippen molar-refractivity contribution in [2.24, 2.45) is 5.92 Å². The van der Waals surface area contributed by atoms with E-state index in [2.05, 4.69) is 5.32 Å². The van der Waals surface area contributed by atoms with E-state index in [9.17, 15) is 14.7 Å². The molecule has 1 aliphatic heterocycles. The van der Waals surface area contributed by atoms with Gasteiger partial charge in [0.2, 0.25) is 11.8 Å². The molecule has 1 saturated carbocycles. The lowest BCUT2D eigenvalue weighted by atomic mass is 9.72. The second kappa shape index (κ2) is 7.34. The van der Waals surface area contributed by atoms with Gasteiger partial charge in [-0.2, -0.15) is 0 Å². The first-order chi connectivity index (χ1) is 11.7. The molecule has 1 saturated heterocycles. The number of aliphatic hydroxyl groups is 1. The summed E-state index contributed by atoms with van der Waals surface area (Å²) in [5, 5.41) is 12.8. The number of carbonyl (C=O) groups is 2. The molecule has 5 nitrogen and oxygen atoms in total. The first-order valence-electron chi connectivity index (χ1n) is 8.92. The van der Waals surface area contributed by atoms with Gasteiger partial charge < -0.3 is 15.3 Å². The van der Waals surface area contributed by atoms with Crippen molar-refractivity contribution in [1.29, 1.82) is 0 Å².